The van der Waals surface area contributed by atoms with Gasteiger partial charge in [0.05, 0.1) is 25.1 Å². The van der Waals surface area contributed by atoms with Crippen LogP contribution in [0.3, 0.4) is 0 Å². The lowest BCUT2D eigenvalue weighted by Gasteiger charge is -2.25. The van der Waals surface area contributed by atoms with Gasteiger partial charge >= 0.3 is 0 Å². The van der Waals surface area contributed by atoms with Crippen LogP contribution in [-0.4, -0.2) is 44.9 Å². The fraction of sp³-hybridized carbons (Fsp3) is 0.240. The Labute approximate surface area is 186 Å². The molecule has 1 aromatic heterocycles. The number of hydrogen-bond acceptors (Lipinski definition) is 5. The number of carbonyl (C=O) groups is 2. The Bertz CT molecular complexity index is 1130. The average molecular weight is 431 g/mol. The Kier molecular flexibility index (Phi) is 6.07. The maximum Gasteiger partial charge on any atom is 0.295 e. The SMILES string of the molecule is COc1ccc(C(O)=C2C(=O)C(=O)N(CCCn3ccnc3)C2c2ccc(C)cc2)cc1. The Morgan fingerprint density at radius 2 is 1.78 bits per heavy atom. The standard InChI is InChI=1S/C25H25N3O4/c1-17-4-6-18(7-5-17)22-21(23(29)19-8-10-20(32-2)11-9-19)24(30)25(31)28(22)14-3-13-27-15-12-26-16-27/h4-12,15-16,22,29H,3,13-14H2,1-2H3. The predicted octanol–water partition coefficient (Wildman–Crippen LogP) is 3.71. The van der Waals surface area contributed by atoms with Gasteiger partial charge in [-0.2, -0.15) is 0 Å². The van der Waals surface area contributed by atoms with Crippen molar-refractivity contribution >= 4 is 17.4 Å². The highest BCUT2D eigenvalue weighted by Crippen LogP contribution is 2.39. The van der Waals surface area contributed by atoms with Crippen LogP contribution in [0.1, 0.15) is 29.2 Å². The summed E-state index contributed by atoms with van der Waals surface area (Å²) in [5.41, 5.74) is 2.42. The number of hydrogen-bond donors (Lipinski definition) is 1. The molecule has 7 heteroatoms. The van der Waals surface area contributed by atoms with Gasteiger partial charge in [-0.15, -0.1) is 0 Å². The van der Waals surface area contributed by atoms with Crippen molar-refractivity contribution in [3.05, 3.63) is 89.5 Å². The summed E-state index contributed by atoms with van der Waals surface area (Å²) in [5, 5.41) is 11.1. The maximum absolute atomic E-state index is 13.0. The number of aliphatic hydroxyl groups excluding tert-OH is 1. The number of carbonyl (C=O) groups excluding carboxylic acids is 2. The fourth-order valence-corrected chi connectivity index (χ4v) is 3.95. The molecule has 1 N–H and O–H groups in total. The second-order valence-electron chi connectivity index (χ2n) is 7.79. The Morgan fingerprint density at radius 1 is 1.06 bits per heavy atom. The predicted molar refractivity (Wildman–Crippen MR) is 120 cm³/mol. The van der Waals surface area contributed by atoms with Gasteiger partial charge in [-0.05, 0) is 43.2 Å². The molecule has 0 spiro atoms. The first-order valence-corrected chi connectivity index (χ1v) is 10.4. The van der Waals surface area contributed by atoms with Gasteiger partial charge in [0.2, 0.25) is 0 Å². The monoisotopic (exact) mass is 431 g/mol. The average Bonchev–Trinajstić information content (AvgIpc) is 3.41. The number of nitrogens with zero attached hydrogens (tertiary/aromatic N) is 3. The van der Waals surface area contributed by atoms with Crippen molar-refractivity contribution in [3.8, 4) is 5.75 Å². The molecule has 1 fully saturated rings. The van der Waals surface area contributed by atoms with Crippen LogP contribution in [0.2, 0.25) is 0 Å². The molecule has 1 aliphatic rings. The third-order valence-electron chi connectivity index (χ3n) is 5.67. The number of ether oxygens (including phenoxy) is 1. The van der Waals surface area contributed by atoms with Gasteiger partial charge in [-0.1, -0.05) is 29.8 Å². The Morgan fingerprint density at radius 3 is 2.41 bits per heavy atom. The van der Waals surface area contributed by atoms with Crippen LogP contribution >= 0.6 is 0 Å². The van der Waals surface area contributed by atoms with Gasteiger partial charge in [-0.25, -0.2) is 4.98 Å². The van der Waals surface area contributed by atoms with E-state index in [1.54, 1.807) is 48.8 Å². The summed E-state index contributed by atoms with van der Waals surface area (Å²) in [6, 6.07) is 13.8. The van der Waals surface area contributed by atoms with Crippen molar-refractivity contribution in [2.75, 3.05) is 13.7 Å². The molecule has 32 heavy (non-hydrogen) atoms. The van der Waals surface area contributed by atoms with Gasteiger partial charge in [0.1, 0.15) is 11.5 Å². The van der Waals surface area contributed by atoms with Crippen LogP contribution in [0.5, 0.6) is 5.75 Å². The van der Waals surface area contributed by atoms with Crippen LogP contribution in [0, 0.1) is 6.92 Å². The van der Waals surface area contributed by atoms with E-state index in [0.717, 1.165) is 11.1 Å². The molecule has 164 valence electrons. The molecular weight excluding hydrogens is 406 g/mol. The number of ketones is 1. The lowest BCUT2D eigenvalue weighted by molar-refractivity contribution is -0.139. The van der Waals surface area contributed by atoms with E-state index in [2.05, 4.69) is 4.98 Å². The molecule has 1 aliphatic heterocycles. The maximum atomic E-state index is 13.0. The van der Waals surface area contributed by atoms with Gasteiger partial charge in [0.15, 0.2) is 0 Å². The van der Waals surface area contributed by atoms with Crippen LogP contribution < -0.4 is 4.74 Å². The van der Waals surface area contributed by atoms with E-state index >= 15 is 0 Å². The molecule has 4 rings (SSSR count). The topological polar surface area (TPSA) is 84.7 Å². The largest absolute Gasteiger partial charge is 0.507 e. The molecule has 1 atom stereocenters. The van der Waals surface area contributed by atoms with Gasteiger partial charge in [0, 0.05) is 31.0 Å². The Balaban J connectivity index is 1.71. The quantitative estimate of drug-likeness (QED) is 0.350. The van der Waals surface area contributed by atoms with E-state index < -0.39 is 17.7 Å². The molecule has 2 heterocycles. The zero-order valence-electron chi connectivity index (χ0n) is 18.1. The lowest BCUT2D eigenvalue weighted by Crippen LogP contribution is -2.31. The number of amides is 1. The number of imidazole rings is 1. The molecule has 0 radical (unpaired) electrons. The zero-order valence-corrected chi connectivity index (χ0v) is 18.1. The Hall–Kier alpha value is -3.87. The molecule has 3 aromatic rings. The van der Waals surface area contributed by atoms with Crippen molar-refractivity contribution in [2.45, 2.75) is 25.9 Å². The smallest absolute Gasteiger partial charge is 0.295 e. The fourth-order valence-electron chi connectivity index (χ4n) is 3.95. The summed E-state index contributed by atoms with van der Waals surface area (Å²) < 4.78 is 7.10. The highest BCUT2D eigenvalue weighted by atomic mass is 16.5. The molecule has 0 bridgehead atoms. The minimum Gasteiger partial charge on any atom is -0.507 e. The van der Waals surface area contributed by atoms with Crippen LogP contribution in [0.15, 0.2) is 72.8 Å². The number of aryl methyl sites for hydroxylation is 2. The van der Waals surface area contributed by atoms with E-state index in [1.807, 2.05) is 42.0 Å². The molecule has 0 aliphatic carbocycles. The summed E-state index contributed by atoms with van der Waals surface area (Å²) in [6.45, 7) is 3.02. The summed E-state index contributed by atoms with van der Waals surface area (Å²) in [6.07, 6.45) is 5.92. The van der Waals surface area contributed by atoms with Crippen LogP contribution in [0.25, 0.3) is 5.76 Å². The van der Waals surface area contributed by atoms with Gasteiger partial charge < -0.3 is 19.3 Å². The third-order valence-corrected chi connectivity index (χ3v) is 5.67. The van der Waals surface area contributed by atoms with Gasteiger partial charge in [0.25, 0.3) is 11.7 Å². The third kappa shape index (κ3) is 4.14. The molecule has 7 nitrogen and oxygen atoms in total. The minimum atomic E-state index is -0.675. The minimum absolute atomic E-state index is 0.103. The number of benzene rings is 2. The molecule has 2 aromatic carbocycles. The number of aromatic nitrogens is 2. The van der Waals surface area contributed by atoms with E-state index in [4.69, 9.17) is 4.74 Å². The summed E-state index contributed by atoms with van der Waals surface area (Å²) in [5.74, 6) is -0.826. The highest BCUT2D eigenvalue weighted by Gasteiger charge is 2.45. The number of rotatable bonds is 7. The molecule has 1 saturated heterocycles. The number of aliphatic hydroxyl groups is 1. The molecular formula is C25H25N3O4. The molecule has 0 saturated carbocycles. The van der Waals surface area contributed by atoms with Crippen molar-refractivity contribution in [1.29, 1.82) is 0 Å². The van der Waals surface area contributed by atoms with Gasteiger partial charge in [-0.3, -0.25) is 9.59 Å². The van der Waals surface area contributed by atoms with Crippen molar-refractivity contribution in [2.24, 2.45) is 0 Å². The first kappa shape index (κ1) is 21.4. The summed E-state index contributed by atoms with van der Waals surface area (Å²) >= 11 is 0. The van der Waals surface area contributed by atoms with Crippen LogP contribution in [-0.2, 0) is 16.1 Å². The zero-order chi connectivity index (χ0) is 22.7. The number of likely N-dealkylation sites (tertiary alicyclic amines) is 1. The van der Waals surface area contributed by atoms with E-state index in [9.17, 15) is 14.7 Å². The lowest BCUT2D eigenvalue weighted by atomic mass is 9.94. The summed E-state index contributed by atoms with van der Waals surface area (Å²) in [4.78, 5) is 31.6. The summed E-state index contributed by atoms with van der Waals surface area (Å²) in [7, 11) is 1.56. The van der Waals surface area contributed by atoms with Crippen molar-refractivity contribution in [3.63, 3.8) is 0 Å². The van der Waals surface area contributed by atoms with E-state index in [-0.39, 0.29) is 11.3 Å². The second-order valence-corrected chi connectivity index (χ2v) is 7.79. The number of methoxy groups -OCH3 is 1. The van der Waals surface area contributed by atoms with E-state index in [1.165, 1.54) is 0 Å². The highest BCUT2D eigenvalue weighted by molar-refractivity contribution is 6.46. The molecule has 1 amide bonds. The normalized spacial score (nSPS) is 17.7. The van der Waals surface area contributed by atoms with Crippen molar-refractivity contribution < 1.29 is 19.4 Å². The number of Topliss-reactive ketones (excluding diaryl/α,β-unsaturated/α-hetero) is 1. The van der Waals surface area contributed by atoms with Crippen LogP contribution in [0.4, 0.5) is 0 Å². The van der Waals surface area contributed by atoms with Crippen molar-refractivity contribution in [1.82, 2.24) is 14.5 Å². The second kappa shape index (κ2) is 9.09. The first-order chi connectivity index (χ1) is 15.5. The first-order valence-electron chi connectivity index (χ1n) is 10.4. The molecule has 1 unspecified atom stereocenters. The van der Waals surface area contributed by atoms with E-state index in [0.29, 0.717) is 30.8 Å².